The van der Waals surface area contributed by atoms with Crippen LogP contribution in [-0.4, -0.2) is 37.7 Å². The highest BCUT2D eigenvalue weighted by Gasteiger charge is 2.36. The molecule has 2 aromatic carbocycles. The summed E-state index contributed by atoms with van der Waals surface area (Å²) in [4.78, 5) is 14.1. The molecule has 126 valence electrons. The summed E-state index contributed by atoms with van der Waals surface area (Å²) in [6.07, 6.45) is 0.431. The standard InChI is InChI=1S/C17H17ClN2O3S/c18-13-5-4-6-14(11-13)19-17(21)20-10-9-16(12-20)24(22,23)15-7-2-1-3-8-15/h1-8,11,16H,9-10,12H2,(H,19,21). The van der Waals surface area contributed by atoms with E-state index >= 15 is 0 Å². The number of halogens is 1. The van der Waals surface area contributed by atoms with Crippen LogP contribution in [0.15, 0.2) is 59.5 Å². The van der Waals surface area contributed by atoms with Crippen molar-refractivity contribution in [3.63, 3.8) is 0 Å². The molecule has 1 N–H and O–H groups in total. The fourth-order valence-electron chi connectivity index (χ4n) is 2.74. The second-order valence-electron chi connectivity index (χ2n) is 5.66. The molecule has 1 saturated heterocycles. The molecule has 2 amide bonds. The zero-order valence-corrected chi connectivity index (χ0v) is 14.4. The summed E-state index contributed by atoms with van der Waals surface area (Å²) < 4.78 is 25.3. The van der Waals surface area contributed by atoms with Crippen LogP contribution in [0.2, 0.25) is 5.02 Å². The molecule has 3 rings (SSSR count). The number of nitrogens with zero attached hydrogens (tertiary/aromatic N) is 1. The van der Waals surface area contributed by atoms with Crippen molar-refractivity contribution in [3.05, 3.63) is 59.6 Å². The number of carbonyl (C=O) groups excluding carboxylic acids is 1. The van der Waals surface area contributed by atoms with E-state index in [0.717, 1.165) is 0 Å². The summed E-state index contributed by atoms with van der Waals surface area (Å²) >= 11 is 5.89. The molecule has 1 aliphatic rings. The fourth-order valence-corrected chi connectivity index (χ4v) is 4.64. The van der Waals surface area contributed by atoms with Crippen LogP contribution in [0.25, 0.3) is 0 Å². The number of hydrogen-bond donors (Lipinski definition) is 1. The molecular formula is C17H17ClN2O3S. The SMILES string of the molecule is O=C(Nc1cccc(Cl)c1)N1CCC(S(=O)(=O)c2ccccc2)C1. The summed E-state index contributed by atoms with van der Waals surface area (Å²) in [6, 6.07) is 14.9. The van der Waals surface area contributed by atoms with Gasteiger partial charge in [-0.25, -0.2) is 13.2 Å². The normalized spacial score (nSPS) is 17.7. The van der Waals surface area contributed by atoms with Gasteiger partial charge in [-0.3, -0.25) is 0 Å². The van der Waals surface area contributed by atoms with E-state index < -0.39 is 15.1 Å². The molecule has 0 saturated carbocycles. The second-order valence-corrected chi connectivity index (χ2v) is 8.32. The zero-order valence-electron chi connectivity index (χ0n) is 12.9. The van der Waals surface area contributed by atoms with Gasteiger partial charge in [-0.15, -0.1) is 0 Å². The topological polar surface area (TPSA) is 66.5 Å². The van der Waals surface area contributed by atoms with E-state index in [1.54, 1.807) is 54.6 Å². The fraction of sp³-hybridized carbons (Fsp3) is 0.235. The summed E-state index contributed by atoms with van der Waals surface area (Å²) in [5, 5.41) is 2.69. The third-order valence-corrected chi connectivity index (χ3v) is 6.45. The van der Waals surface area contributed by atoms with Gasteiger partial charge in [-0.05, 0) is 36.8 Å². The minimum Gasteiger partial charge on any atom is -0.323 e. The number of amides is 2. The van der Waals surface area contributed by atoms with Gasteiger partial charge in [0, 0.05) is 23.8 Å². The van der Waals surface area contributed by atoms with Gasteiger partial charge in [-0.1, -0.05) is 35.9 Å². The number of urea groups is 1. The number of likely N-dealkylation sites (tertiary alicyclic amines) is 1. The number of nitrogens with one attached hydrogen (secondary N) is 1. The molecule has 0 aromatic heterocycles. The van der Waals surface area contributed by atoms with Crippen LogP contribution in [0.3, 0.4) is 0 Å². The highest BCUT2D eigenvalue weighted by Crippen LogP contribution is 2.24. The van der Waals surface area contributed by atoms with Gasteiger partial charge >= 0.3 is 6.03 Å². The lowest BCUT2D eigenvalue weighted by Crippen LogP contribution is -2.35. The van der Waals surface area contributed by atoms with E-state index in [1.807, 2.05) is 0 Å². The third kappa shape index (κ3) is 3.55. The first-order valence-corrected chi connectivity index (χ1v) is 9.50. The van der Waals surface area contributed by atoms with E-state index in [-0.39, 0.29) is 12.6 Å². The van der Waals surface area contributed by atoms with Crippen LogP contribution in [0.1, 0.15) is 6.42 Å². The van der Waals surface area contributed by atoms with Crippen LogP contribution < -0.4 is 5.32 Å². The molecule has 7 heteroatoms. The van der Waals surface area contributed by atoms with Gasteiger partial charge in [0.1, 0.15) is 0 Å². The van der Waals surface area contributed by atoms with Crippen LogP contribution in [0.4, 0.5) is 10.5 Å². The summed E-state index contributed by atoms with van der Waals surface area (Å²) in [5.41, 5.74) is 0.585. The van der Waals surface area contributed by atoms with Crippen LogP contribution in [0, 0.1) is 0 Å². The quantitative estimate of drug-likeness (QED) is 0.907. The highest BCUT2D eigenvalue weighted by molar-refractivity contribution is 7.92. The number of rotatable bonds is 3. The molecule has 0 bridgehead atoms. The van der Waals surface area contributed by atoms with Crippen LogP contribution in [0.5, 0.6) is 0 Å². The Morgan fingerprint density at radius 3 is 2.58 bits per heavy atom. The van der Waals surface area contributed by atoms with Crippen LogP contribution >= 0.6 is 11.6 Å². The Morgan fingerprint density at radius 1 is 1.12 bits per heavy atom. The van der Waals surface area contributed by atoms with E-state index in [1.165, 1.54) is 4.90 Å². The van der Waals surface area contributed by atoms with Gasteiger partial charge in [0.2, 0.25) is 0 Å². The Hall–Kier alpha value is -2.05. The molecule has 5 nitrogen and oxygen atoms in total. The number of carbonyl (C=O) groups is 1. The van der Waals surface area contributed by atoms with Gasteiger partial charge in [0.15, 0.2) is 9.84 Å². The van der Waals surface area contributed by atoms with Crippen molar-refractivity contribution < 1.29 is 13.2 Å². The minimum atomic E-state index is -3.43. The number of benzene rings is 2. The first kappa shape index (κ1) is 16.8. The molecule has 2 aromatic rings. The molecule has 1 aliphatic heterocycles. The molecular weight excluding hydrogens is 348 g/mol. The molecule has 0 aliphatic carbocycles. The predicted molar refractivity (Wildman–Crippen MR) is 94.1 cm³/mol. The Bertz CT molecular complexity index is 840. The van der Waals surface area contributed by atoms with Gasteiger partial charge in [0.05, 0.1) is 10.1 Å². The van der Waals surface area contributed by atoms with Crippen molar-refractivity contribution in [3.8, 4) is 0 Å². The maximum Gasteiger partial charge on any atom is 0.321 e. The van der Waals surface area contributed by atoms with Crippen molar-refractivity contribution >= 4 is 33.2 Å². The Kier molecular flexibility index (Phi) is 4.78. The third-order valence-electron chi connectivity index (χ3n) is 4.02. The van der Waals surface area contributed by atoms with Gasteiger partial charge in [0.25, 0.3) is 0 Å². The molecule has 0 spiro atoms. The smallest absolute Gasteiger partial charge is 0.321 e. The molecule has 0 radical (unpaired) electrons. The van der Waals surface area contributed by atoms with Crippen molar-refractivity contribution in [2.75, 3.05) is 18.4 Å². The van der Waals surface area contributed by atoms with Gasteiger partial charge < -0.3 is 10.2 Å². The highest BCUT2D eigenvalue weighted by atomic mass is 35.5. The first-order chi connectivity index (χ1) is 11.5. The number of hydrogen-bond acceptors (Lipinski definition) is 3. The zero-order chi connectivity index (χ0) is 17.2. The van der Waals surface area contributed by atoms with Gasteiger partial charge in [-0.2, -0.15) is 0 Å². The largest absolute Gasteiger partial charge is 0.323 e. The van der Waals surface area contributed by atoms with Crippen molar-refractivity contribution in [1.29, 1.82) is 0 Å². The summed E-state index contributed by atoms with van der Waals surface area (Å²) in [7, 11) is -3.43. The second kappa shape index (κ2) is 6.83. The van der Waals surface area contributed by atoms with Crippen LogP contribution in [-0.2, 0) is 9.84 Å². The lowest BCUT2D eigenvalue weighted by Gasteiger charge is -2.17. The average Bonchev–Trinajstić information content (AvgIpc) is 3.07. The maximum absolute atomic E-state index is 12.6. The molecule has 1 fully saturated rings. The van der Waals surface area contributed by atoms with E-state index in [2.05, 4.69) is 5.32 Å². The lowest BCUT2D eigenvalue weighted by molar-refractivity contribution is 0.222. The van der Waals surface area contributed by atoms with E-state index in [9.17, 15) is 13.2 Å². The molecule has 1 atom stereocenters. The van der Waals surface area contributed by atoms with E-state index in [0.29, 0.717) is 28.6 Å². The van der Waals surface area contributed by atoms with Crippen molar-refractivity contribution in [1.82, 2.24) is 4.90 Å². The Balaban J connectivity index is 1.68. The van der Waals surface area contributed by atoms with Crippen molar-refractivity contribution in [2.24, 2.45) is 0 Å². The molecule has 24 heavy (non-hydrogen) atoms. The lowest BCUT2D eigenvalue weighted by atomic mass is 10.3. The summed E-state index contributed by atoms with van der Waals surface area (Å²) in [6.45, 7) is 0.590. The van der Waals surface area contributed by atoms with Crippen molar-refractivity contribution in [2.45, 2.75) is 16.6 Å². The Morgan fingerprint density at radius 2 is 1.88 bits per heavy atom. The minimum absolute atomic E-state index is 0.184. The first-order valence-electron chi connectivity index (χ1n) is 7.57. The monoisotopic (exact) mass is 364 g/mol. The average molecular weight is 365 g/mol. The van der Waals surface area contributed by atoms with E-state index in [4.69, 9.17) is 11.6 Å². The number of anilines is 1. The molecule has 1 heterocycles. The number of sulfone groups is 1. The Labute approximate surface area is 146 Å². The summed E-state index contributed by atoms with van der Waals surface area (Å²) in [5.74, 6) is 0. The predicted octanol–water partition coefficient (Wildman–Crippen LogP) is 3.42. The molecule has 1 unspecified atom stereocenters. The maximum atomic E-state index is 12.6.